The Labute approximate surface area is 78.6 Å². The molecule has 0 saturated carbocycles. The molecule has 0 aliphatic rings. The van der Waals surface area contributed by atoms with E-state index in [-0.39, 0.29) is 55.2 Å². The van der Waals surface area contributed by atoms with Crippen LogP contribution in [0.4, 0.5) is 0 Å². The molecule has 0 fully saturated rings. The minimum atomic E-state index is -2.86. The maximum Gasteiger partial charge on any atom is 0.0495 e. The second-order valence-electron chi connectivity index (χ2n) is 0.217. The molecule has 0 rings (SSSR count). The molecule has 51 valence electrons. The molecule has 3 nitrogen and oxygen atoms in total. The van der Waals surface area contributed by atoms with Crippen LogP contribution in [0.25, 0.3) is 0 Å². The van der Waals surface area contributed by atoms with E-state index in [1.165, 1.54) is 0 Å². The average molecular weight is 296 g/mol. The molecular weight excluding hydrogens is 295 g/mol. The molecule has 0 aromatic rings. The summed E-state index contributed by atoms with van der Waals surface area (Å²) in [6, 6.07) is 0. The van der Waals surface area contributed by atoms with Crippen molar-refractivity contribution in [2.45, 2.75) is 0 Å². The monoisotopic (exact) mass is 298 g/mol. The molecule has 7 heteroatoms. The fourth-order valence-corrected chi connectivity index (χ4v) is 0. The summed E-state index contributed by atoms with van der Waals surface area (Å²) in [6.07, 6.45) is 0. The normalized spacial score (nSPS) is 4.86. The van der Waals surface area contributed by atoms with Crippen molar-refractivity contribution in [3.05, 3.63) is 0 Å². The van der Waals surface area contributed by atoms with Crippen LogP contribution in [0.2, 0.25) is 0 Å². The molecule has 0 aliphatic carbocycles. The first-order chi connectivity index (χ1) is 1.73. The summed E-state index contributed by atoms with van der Waals surface area (Å²) in [4.78, 5) is 0. The van der Waals surface area contributed by atoms with Crippen LogP contribution in [0.1, 0.15) is 0 Å². The van der Waals surface area contributed by atoms with E-state index < -0.39 is 11.0 Å². The molecule has 1 radical (unpaired) electrons. The van der Waals surface area contributed by atoms with E-state index in [4.69, 9.17) is 13.0 Å². The van der Waals surface area contributed by atoms with Crippen molar-refractivity contribution in [2.24, 2.45) is 0 Å². The maximum absolute atomic E-state index is 8.56. The van der Waals surface area contributed by atoms with E-state index in [0.29, 0.717) is 0 Å². The smallest absolute Gasteiger partial charge is 0.0495 e. The molecule has 0 aliphatic heterocycles. The van der Waals surface area contributed by atoms with E-state index in [2.05, 4.69) is 0 Å². The number of hydrogen-bond donors (Lipinski definition) is 1. The average Bonchev–Trinajstić information content (AvgIpc) is 0.811. The number of rotatable bonds is 0. The summed E-state index contributed by atoms with van der Waals surface area (Å²) in [5.41, 5.74) is 0. The van der Waals surface area contributed by atoms with Gasteiger partial charge in [0.25, 0.3) is 0 Å². The second kappa shape index (κ2) is 15.6. The largest absolute Gasteiger partial charge is 0.439 e. The topological polar surface area (TPSA) is 54.4 Å². The quantitative estimate of drug-likeness (QED) is 0.291. The van der Waals surface area contributed by atoms with Crippen LogP contribution in [-0.2, 0) is 74.6 Å². The third-order valence-corrected chi connectivity index (χ3v) is 0. The minimum Gasteiger partial charge on any atom is -0.439 e. The molecule has 0 aromatic heterocycles. The zero-order valence-corrected chi connectivity index (χ0v) is 7.60. The summed E-state index contributed by atoms with van der Waals surface area (Å²) in [5.74, 6) is 0. The van der Waals surface area contributed by atoms with Crippen molar-refractivity contribution < 1.29 is 68.2 Å². The van der Waals surface area contributed by atoms with Gasteiger partial charge in [0.05, 0.1) is 0 Å². The fraction of sp³-hybridized carbons (Fsp3) is 0. The van der Waals surface area contributed by atoms with Gasteiger partial charge in [0.1, 0.15) is 0 Å². The summed E-state index contributed by atoms with van der Waals surface area (Å²) >= 11 is 0. The SMILES string of the molecule is O=[S-](=O)O.[Cu].[Fe].[Mo]. The predicted molar refractivity (Wildman–Crippen MR) is 11.4 cm³/mol. The van der Waals surface area contributed by atoms with Gasteiger partial charge in [0.2, 0.25) is 0 Å². The molecule has 0 atom stereocenters. The molecule has 0 aromatic carbocycles. The van der Waals surface area contributed by atoms with Gasteiger partial charge < -0.3 is 13.0 Å². The Kier molecular flexibility index (Phi) is 52.4. The van der Waals surface area contributed by atoms with Crippen molar-refractivity contribution in [2.75, 3.05) is 0 Å². The summed E-state index contributed by atoms with van der Waals surface area (Å²) in [7, 11) is -2.86. The van der Waals surface area contributed by atoms with Gasteiger partial charge in [-0.05, 0) is 0 Å². The summed E-state index contributed by atoms with van der Waals surface area (Å²) in [6.45, 7) is 0. The first-order valence-corrected chi connectivity index (χ1v) is 1.55. The van der Waals surface area contributed by atoms with E-state index in [9.17, 15) is 0 Å². The van der Waals surface area contributed by atoms with Crippen molar-refractivity contribution in [3.63, 3.8) is 0 Å². The van der Waals surface area contributed by atoms with Gasteiger partial charge >= 0.3 is 0 Å². The van der Waals surface area contributed by atoms with Crippen LogP contribution < -0.4 is 0 Å². The number of hydrogen-bond acceptors (Lipinski definition) is 3. The second-order valence-corrected chi connectivity index (χ2v) is 0.651. The van der Waals surface area contributed by atoms with Gasteiger partial charge in [0.15, 0.2) is 0 Å². The molecule has 0 saturated heterocycles. The Hall–Kier alpha value is 1.64. The van der Waals surface area contributed by atoms with Gasteiger partial charge in [-0.25, -0.2) is 0 Å². The Morgan fingerprint density at radius 2 is 1.29 bits per heavy atom. The Morgan fingerprint density at radius 1 is 1.29 bits per heavy atom. The zero-order chi connectivity index (χ0) is 3.58. The van der Waals surface area contributed by atoms with Gasteiger partial charge in [-0.15, -0.1) is 0 Å². The zero-order valence-electron chi connectivity index (χ0n) is 2.74. The predicted octanol–water partition coefficient (Wildman–Crippen LogP) is -0.239. The molecule has 0 amide bonds. The van der Waals surface area contributed by atoms with Gasteiger partial charge in [-0.3, -0.25) is 0 Å². The van der Waals surface area contributed by atoms with Crippen molar-refractivity contribution >= 4 is 11.0 Å². The van der Waals surface area contributed by atoms with Crippen LogP contribution in [0.3, 0.4) is 0 Å². The van der Waals surface area contributed by atoms with Crippen LogP contribution in [0.15, 0.2) is 0 Å². The molecule has 0 bridgehead atoms. The Balaban J connectivity index is -0.0000000150. The molecule has 7 heavy (non-hydrogen) atoms. The third kappa shape index (κ3) is 90.5. The van der Waals surface area contributed by atoms with Gasteiger partial charge in [-0.2, -0.15) is 0 Å². The van der Waals surface area contributed by atoms with Gasteiger partial charge in [-0.1, -0.05) is 0 Å². The van der Waals surface area contributed by atoms with E-state index in [1.54, 1.807) is 0 Å². The fourth-order valence-electron chi connectivity index (χ4n) is 0. The summed E-state index contributed by atoms with van der Waals surface area (Å²) in [5, 5.41) is 0. The molecule has 1 N–H and O–H groups in total. The Morgan fingerprint density at radius 3 is 1.29 bits per heavy atom. The molecule has 0 unspecified atom stereocenters. The summed E-state index contributed by atoms with van der Waals surface area (Å²) < 4.78 is 24.1. The van der Waals surface area contributed by atoms with E-state index in [0.717, 1.165) is 0 Å². The van der Waals surface area contributed by atoms with Crippen molar-refractivity contribution in [1.82, 2.24) is 0 Å². The van der Waals surface area contributed by atoms with E-state index >= 15 is 0 Å². The van der Waals surface area contributed by atoms with E-state index in [1.807, 2.05) is 0 Å². The van der Waals surface area contributed by atoms with Crippen molar-refractivity contribution in [3.8, 4) is 0 Å². The van der Waals surface area contributed by atoms with Crippen molar-refractivity contribution in [1.29, 1.82) is 0 Å². The standard InChI is InChI=1S/Cu.Fe.Mo.HO3S/c;;;1-4(2)3/h;;;(H,1,2,3)/q;;;-1. The third-order valence-electron chi connectivity index (χ3n) is 0. The van der Waals surface area contributed by atoms with Crippen LogP contribution in [-0.4, -0.2) is 4.55 Å². The molecule has 0 heterocycles. The Bertz CT molecular complexity index is 63.3. The van der Waals surface area contributed by atoms with Crippen LogP contribution in [0, 0.1) is 0 Å². The molecule has 0 spiro atoms. The van der Waals surface area contributed by atoms with Crippen LogP contribution >= 0.6 is 0 Å². The first kappa shape index (κ1) is 23.4. The molecular formula is HCuFeMoO3S-. The van der Waals surface area contributed by atoms with Gasteiger partial charge in [0, 0.05) is 66.2 Å². The minimum absolute atomic E-state index is 0. The first-order valence-electron chi connectivity index (χ1n) is 0.516. The maximum atomic E-state index is 8.56. The van der Waals surface area contributed by atoms with Crippen LogP contribution in [0.5, 0.6) is 0 Å².